The molecule has 146 valence electrons. The summed E-state index contributed by atoms with van der Waals surface area (Å²) < 4.78 is 27.1. The summed E-state index contributed by atoms with van der Waals surface area (Å²) in [4.78, 5) is 17.0. The topological polar surface area (TPSA) is 97.2 Å². The van der Waals surface area contributed by atoms with Gasteiger partial charge >= 0.3 is 0 Å². The van der Waals surface area contributed by atoms with Crippen molar-refractivity contribution in [3.05, 3.63) is 47.8 Å². The van der Waals surface area contributed by atoms with Crippen LogP contribution in [0.3, 0.4) is 0 Å². The van der Waals surface area contributed by atoms with Gasteiger partial charge in [-0.3, -0.25) is 9.10 Å². The summed E-state index contributed by atoms with van der Waals surface area (Å²) in [6.45, 7) is 0. The van der Waals surface area contributed by atoms with Gasteiger partial charge in [0.1, 0.15) is 5.69 Å². The molecule has 0 radical (unpaired) electrons. The number of fused-ring (bicyclic) bond motifs is 1. The Morgan fingerprint density at radius 2 is 2.04 bits per heavy atom. The molecule has 2 aromatic heterocycles. The Morgan fingerprint density at radius 1 is 1.29 bits per heavy atom. The largest absolute Gasteiger partial charge is 0.354 e. The van der Waals surface area contributed by atoms with Crippen LogP contribution in [0.4, 0.5) is 5.69 Å². The summed E-state index contributed by atoms with van der Waals surface area (Å²) in [6.07, 6.45) is 4.81. The standard InChI is InChI=1S/C19H21N5O3S/c1-20-19(25)18-14-10-13(12-7-8-12)16(23(2)28(3,26)27)11-15(14)22-24(18)17-6-4-5-9-21-17/h4-6,9-12H,7-8H2,1-3H3,(H,20,25). The molecule has 1 fully saturated rings. The van der Waals surface area contributed by atoms with Crippen LogP contribution in [0.15, 0.2) is 36.5 Å². The van der Waals surface area contributed by atoms with Crippen LogP contribution in [-0.2, 0) is 10.0 Å². The Kier molecular flexibility index (Phi) is 4.34. The monoisotopic (exact) mass is 399 g/mol. The molecule has 0 unspecified atom stereocenters. The fourth-order valence-electron chi connectivity index (χ4n) is 3.29. The molecule has 0 saturated heterocycles. The number of anilines is 1. The van der Waals surface area contributed by atoms with Crippen LogP contribution in [0.25, 0.3) is 16.7 Å². The highest BCUT2D eigenvalue weighted by molar-refractivity contribution is 7.92. The number of hydrogen-bond donors (Lipinski definition) is 1. The second-order valence-electron chi connectivity index (χ2n) is 6.96. The molecule has 0 aliphatic heterocycles. The highest BCUT2D eigenvalue weighted by atomic mass is 32.2. The summed E-state index contributed by atoms with van der Waals surface area (Å²) in [6, 6.07) is 9.03. The Hall–Kier alpha value is -2.94. The maximum Gasteiger partial charge on any atom is 0.270 e. The first-order valence-corrected chi connectivity index (χ1v) is 10.8. The number of benzene rings is 1. The van der Waals surface area contributed by atoms with Gasteiger partial charge in [-0.25, -0.2) is 18.1 Å². The average molecular weight is 399 g/mol. The Labute approximate surface area is 163 Å². The lowest BCUT2D eigenvalue weighted by molar-refractivity contribution is 0.0957. The van der Waals surface area contributed by atoms with E-state index in [-0.39, 0.29) is 5.91 Å². The molecule has 3 aromatic rings. The Morgan fingerprint density at radius 3 is 2.61 bits per heavy atom. The molecule has 0 bridgehead atoms. The first-order chi connectivity index (χ1) is 13.3. The van der Waals surface area contributed by atoms with Crippen LogP contribution >= 0.6 is 0 Å². The van der Waals surface area contributed by atoms with Gasteiger partial charge in [0, 0.05) is 25.7 Å². The van der Waals surface area contributed by atoms with Crippen LogP contribution in [0.1, 0.15) is 34.8 Å². The number of nitrogens with zero attached hydrogens (tertiary/aromatic N) is 4. The van der Waals surface area contributed by atoms with Gasteiger partial charge in [0.05, 0.1) is 17.5 Å². The number of pyridine rings is 1. The maximum absolute atomic E-state index is 12.7. The van der Waals surface area contributed by atoms with Crippen molar-refractivity contribution in [1.29, 1.82) is 0 Å². The van der Waals surface area contributed by atoms with E-state index in [4.69, 9.17) is 0 Å². The maximum atomic E-state index is 12.7. The molecule has 9 heteroatoms. The molecule has 1 saturated carbocycles. The minimum Gasteiger partial charge on any atom is -0.354 e. The van der Waals surface area contributed by atoms with E-state index < -0.39 is 10.0 Å². The number of aromatic nitrogens is 3. The van der Waals surface area contributed by atoms with E-state index in [9.17, 15) is 13.2 Å². The second-order valence-corrected chi connectivity index (χ2v) is 8.97. The molecule has 0 spiro atoms. The smallest absolute Gasteiger partial charge is 0.270 e. The van der Waals surface area contributed by atoms with Gasteiger partial charge in [-0.2, -0.15) is 5.10 Å². The van der Waals surface area contributed by atoms with Gasteiger partial charge in [-0.1, -0.05) is 6.07 Å². The van der Waals surface area contributed by atoms with Crippen molar-refractivity contribution < 1.29 is 13.2 Å². The second kappa shape index (κ2) is 6.59. The van der Waals surface area contributed by atoms with Crippen molar-refractivity contribution in [2.75, 3.05) is 24.7 Å². The van der Waals surface area contributed by atoms with Crippen molar-refractivity contribution in [2.45, 2.75) is 18.8 Å². The molecule has 0 atom stereocenters. The van der Waals surface area contributed by atoms with Crippen molar-refractivity contribution in [3.8, 4) is 5.82 Å². The number of carbonyl (C=O) groups excluding carboxylic acids is 1. The van der Waals surface area contributed by atoms with E-state index in [0.717, 1.165) is 18.4 Å². The fourth-order valence-corrected chi connectivity index (χ4v) is 3.81. The number of hydrogen-bond acceptors (Lipinski definition) is 5. The molecule has 8 nitrogen and oxygen atoms in total. The molecule has 2 heterocycles. The Balaban J connectivity index is 2.02. The third-order valence-electron chi connectivity index (χ3n) is 4.98. The quantitative estimate of drug-likeness (QED) is 0.708. The molecular formula is C19H21N5O3S. The molecule has 1 amide bonds. The molecular weight excluding hydrogens is 378 g/mol. The van der Waals surface area contributed by atoms with Crippen LogP contribution in [0.2, 0.25) is 0 Å². The molecule has 4 rings (SSSR count). The van der Waals surface area contributed by atoms with Crippen LogP contribution in [0, 0.1) is 0 Å². The number of amides is 1. The van der Waals surface area contributed by atoms with Crippen molar-refractivity contribution in [2.24, 2.45) is 0 Å². The molecule has 1 aliphatic carbocycles. The fraction of sp³-hybridized carbons (Fsp3) is 0.316. The van der Waals surface area contributed by atoms with Gasteiger partial charge < -0.3 is 5.32 Å². The summed E-state index contributed by atoms with van der Waals surface area (Å²) >= 11 is 0. The number of rotatable bonds is 5. The van der Waals surface area contributed by atoms with E-state index in [0.29, 0.717) is 34.0 Å². The van der Waals surface area contributed by atoms with E-state index in [1.165, 1.54) is 22.3 Å². The highest BCUT2D eigenvalue weighted by Gasteiger charge is 2.31. The normalized spacial score (nSPS) is 14.2. The predicted octanol–water partition coefficient (Wildman–Crippen LogP) is 2.05. The highest BCUT2D eigenvalue weighted by Crippen LogP contribution is 2.46. The summed E-state index contributed by atoms with van der Waals surface area (Å²) in [5.74, 6) is 0.529. The molecule has 1 aromatic carbocycles. The van der Waals surface area contributed by atoms with E-state index in [2.05, 4.69) is 15.4 Å². The summed E-state index contributed by atoms with van der Waals surface area (Å²) in [5.41, 5.74) is 2.45. The third-order valence-corrected chi connectivity index (χ3v) is 6.17. The molecule has 1 aliphatic rings. The SMILES string of the molecule is CNC(=O)c1c2cc(C3CC3)c(N(C)S(C)(=O)=O)cc2nn1-c1ccccn1. The lowest BCUT2D eigenvalue weighted by Crippen LogP contribution is -2.26. The first-order valence-electron chi connectivity index (χ1n) is 8.95. The summed E-state index contributed by atoms with van der Waals surface area (Å²) in [7, 11) is -0.316. The van der Waals surface area contributed by atoms with Gasteiger partial charge in [0.2, 0.25) is 10.0 Å². The zero-order valence-corrected chi connectivity index (χ0v) is 16.7. The van der Waals surface area contributed by atoms with Gasteiger partial charge in [0.25, 0.3) is 5.91 Å². The lowest BCUT2D eigenvalue weighted by atomic mass is 10.0. The third kappa shape index (κ3) is 3.11. The van der Waals surface area contributed by atoms with E-state index >= 15 is 0 Å². The molecule has 28 heavy (non-hydrogen) atoms. The zero-order valence-electron chi connectivity index (χ0n) is 15.9. The van der Waals surface area contributed by atoms with Crippen LogP contribution < -0.4 is 9.62 Å². The number of carbonyl (C=O) groups is 1. The van der Waals surface area contributed by atoms with E-state index in [1.807, 2.05) is 12.1 Å². The van der Waals surface area contributed by atoms with Crippen molar-refractivity contribution in [3.63, 3.8) is 0 Å². The lowest BCUT2D eigenvalue weighted by Gasteiger charge is -2.20. The zero-order chi connectivity index (χ0) is 20.1. The van der Waals surface area contributed by atoms with E-state index in [1.54, 1.807) is 31.4 Å². The van der Waals surface area contributed by atoms with Crippen LogP contribution in [-0.4, -0.2) is 49.4 Å². The number of sulfonamides is 1. The van der Waals surface area contributed by atoms with Gasteiger partial charge in [-0.05, 0) is 48.6 Å². The van der Waals surface area contributed by atoms with Crippen molar-refractivity contribution in [1.82, 2.24) is 20.1 Å². The Bertz CT molecular complexity index is 1170. The number of nitrogens with one attached hydrogen (secondary N) is 1. The first kappa shape index (κ1) is 18.4. The van der Waals surface area contributed by atoms with Gasteiger partial charge in [0.15, 0.2) is 5.82 Å². The minimum atomic E-state index is -3.42. The van der Waals surface area contributed by atoms with Gasteiger partial charge in [-0.15, -0.1) is 0 Å². The van der Waals surface area contributed by atoms with Crippen molar-refractivity contribution >= 4 is 32.5 Å². The average Bonchev–Trinajstić information content (AvgIpc) is 3.46. The van der Waals surface area contributed by atoms with Crippen LogP contribution in [0.5, 0.6) is 0 Å². The molecule has 1 N–H and O–H groups in total. The predicted molar refractivity (Wildman–Crippen MR) is 107 cm³/mol. The summed E-state index contributed by atoms with van der Waals surface area (Å²) in [5, 5.41) is 7.91. The minimum absolute atomic E-state index is 0.279.